The van der Waals surface area contributed by atoms with Crippen molar-refractivity contribution in [3.8, 4) is 0 Å². The summed E-state index contributed by atoms with van der Waals surface area (Å²) >= 11 is 0. The summed E-state index contributed by atoms with van der Waals surface area (Å²) in [6, 6.07) is 5.03. The largest absolute Gasteiger partial charge is 0.481 e. The van der Waals surface area contributed by atoms with E-state index >= 15 is 0 Å². The minimum Gasteiger partial charge on any atom is -0.481 e. The van der Waals surface area contributed by atoms with E-state index in [1.54, 1.807) is 6.07 Å². The lowest BCUT2D eigenvalue weighted by Crippen LogP contribution is -2.37. The van der Waals surface area contributed by atoms with Crippen molar-refractivity contribution in [3.63, 3.8) is 0 Å². The molecule has 2 rings (SSSR count). The number of anilines is 1. The van der Waals surface area contributed by atoms with Crippen molar-refractivity contribution in [3.05, 3.63) is 33.9 Å². The van der Waals surface area contributed by atoms with Crippen molar-refractivity contribution in [1.82, 2.24) is 0 Å². The van der Waals surface area contributed by atoms with E-state index in [0.29, 0.717) is 12.2 Å². The van der Waals surface area contributed by atoms with E-state index < -0.39 is 5.97 Å². The number of hydrogen-bond donors (Lipinski definition) is 1. The number of aliphatic carboxylic acids is 1. The van der Waals surface area contributed by atoms with Crippen LogP contribution in [0.1, 0.15) is 24.8 Å². The number of nitro benzene ring substituents is 1. The maximum Gasteiger partial charge on any atom is 0.303 e. The van der Waals surface area contributed by atoms with E-state index in [4.69, 9.17) is 5.11 Å². The van der Waals surface area contributed by atoms with Gasteiger partial charge in [-0.2, -0.15) is 0 Å². The summed E-state index contributed by atoms with van der Waals surface area (Å²) in [7, 11) is 0. The van der Waals surface area contributed by atoms with Crippen LogP contribution in [-0.4, -0.2) is 29.1 Å². The summed E-state index contributed by atoms with van der Waals surface area (Å²) in [4.78, 5) is 23.6. The molecule has 1 N–H and O–H groups in total. The van der Waals surface area contributed by atoms with Gasteiger partial charge in [0.2, 0.25) is 0 Å². The van der Waals surface area contributed by atoms with Gasteiger partial charge in [-0.3, -0.25) is 14.9 Å². The molecule has 0 saturated carbocycles. The molecule has 1 aliphatic rings. The Morgan fingerprint density at radius 3 is 2.95 bits per heavy atom. The van der Waals surface area contributed by atoms with Gasteiger partial charge in [0.05, 0.1) is 4.92 Å². The molecule has 108 valence electrons. The van der Waals surface area contributed by atoms with E-state index in [0.717, 1.165) is 24.9 Å². The average molecular weight is 278 g/mol. The maximum absolute atomic E-state index is 11.2. The first-order valence-corrected chi connectivity index (χ1v) is 6.69. The molecule has 1 fully saturated rings. The number of carboxylic acids is 1. The van der Waals surface area contributed by atoms with E-state index in [9.17, 15) is 14.9 Å². The minimum atomic E-state index is -0.809. The molecule has 1 aliphatic heterocycles. The van der Waals surface area contributed by atoms with Crippen LogP contribution >= 0.6 is 0 Å². The molecule has 0 aliphatic carbocycles. The van der Waals surface area contributed by atoms with Crippen LogP contribution in [0.4, 0.5) is 11.4 Å². The molecule has 0 bridgehead atoms. The van der Waals surface area contributed by atoms with Gasteiger partial charge in [-0.15, -0.1) is 0 Å². The molecule has 6 heteroatoms. The number of rotatable bonds is 4. The number of hydrogen-bond acceptors (Lipinski definition) is 4. The van der Waals surface area contributed by atoms with Gasteiger partial charge >= 0.3 is 5.97 Å². The molecule has 0 spiro atoms. The Labute approximate surface area is 117 Å². The maximum atomic E-state index is 11.2. The Balaban J connectivity index is 2.27. The number of aryl methyl sites for hydroxylation is 1. The Bertz CT molecular complexity index is 530. The van der Waals surface area contributed by atoms with Crippen molar-refractivity contribution in [2.45, 2.75) is 26.2 Å². The summed E-state index contributed by atoms with van der Waals surface area (Å²) in [5.74, 6) is -0.753. The van der Waals surface area contributed by atoms with Gasteiger partial charge < -0.3 is 10.0 Å². The quantitative estimate of drug-likeness (QED) is 0.676. The van der Waals surface area contributed by atoms with Crippen LogP contribution in [0.5, 0.6) is 0 Å². The Morgan fingerprint density at radius 1 is 1.55 bits per heavy atom. The molecule has 1 atom stereocenters. The van der Waals surface area contributed by atoms with Crippen LogP contribution in [0.25, 0.3) is 0 Å². The van der Waals surface area contributed by atoms with Crippen molar-refractivity contribution in [1.29, 1.82) is 0 Å². The summed E-state index contributed by atoms with van der Waals surface area (Å²) < 4.78 is 0. The number of piperidine rings is 1. The second kappa shape index (κ2) is 5.90. The van der Waals surface area contributed by atoms with Crippen LogP contribution in [0.15, 0.2) is 18.2 Å². The highest BCUT2D eigenvalue weighted by Gasteiger charge is 2.27. The van der Waals surface area contributed by atoms with E-state index in [2.05, 4.69) is 0 Å². The lowest BCUT2D eigenvalue weighted by Gasteiger charge is -2.34. The first-order valence-electron chi connectivity index (χ1n) is 6.69. The zero-order valence-electron chi connectivity index (χ0n) is 11.4. The van der Waals surface area contributed by atoms with Gasteiger partial charge in [-0.05, 0) is 31.2 Å². The van der Waals surface area contributed by atoms with E-state index in [1.807, 2.05) is 17.9 Å². The third-order valence-electron chi connectivity index (χ3n) is 3.71. The monoisotopic (exact) mass is 278 g/mol. The SMILES string of the molecule is Cc1cccc([N+](=O)[O-])c1N1CCCC(CC(=O)O)C1. The second-order valence-electron chi connectivity index (χ2n) is 5.25. The van der Waals surface area contributed by atoms with Gasteiger partial charge in [0, 0.05) is 25.6 Å². The fourth-order valence-corrected chi connectivity index (χ4v) is 2.88. The summed E-state index contributed by atoms with van der Waals surface area (Å²) in [6.45, 7) is 3.16. The molecular weight excluding hydrogens is 260 g/mol. The summed E-state index contributed by atoms with van der Waals surface area (Å²) in [6.07, 6.45) is 1.85. The average Bonchev–Trinajstić information content (AvgIpc) is 2.37. The number of para-hydroxylation sites is 1. The molecule has 1 saturated heterocycles. The molecule has 1 heterocycles. The zero-order valence-corrected chi connectivity index (χ0v) is 11.4. The fraction of sp³-hybridized carbons (Fsp3) is 0.500. The summed E-state index contributed by atoms with van der Waals surface area (Å²) in [5.41, 5.74) is 1.59. The number of benzene rings is 1. The third kappa shape index (κ3) is 3.07. The van der Waals surface area contributed by atoms with Crippen LogP contribution in [0.3, 0.4) is 0 Å². The van der Waals surface area contributed by atoms with E-state index in [1.165, 1.54) is 6.07 Å². The predicted octanol–water partition coefficient (Wildman–Crippen LogP) is 2.59. The fourth-order valence-electron chi connectivity index (χ4n) is 2.88. The molecule has 6 nitrogen and oxygen atoms in total. The van der Waals surface area contributed by atoms with Crippen LogP contribution < -0.4 is 4.90 Å². The van der Waals surface area contributed by atoms with Crippen molar-refractivity contribution >= 4 is 17.3 Å². The summed E-state index contributed by atoms with van der Waals surface area (Å²) in [5, 5.41) is 20.1. The minimum absolute atomic E-state index is 0.0560. The molecule has 0 radical (unpaired) electrons. The predicted molar refractivity (Wildman–Crippen MR) is 75.0 cm³/mol. The van der Waals surface area contributed by atoms with Crippen molar-refractivity contribution in [2.24, 2.45) is 5.92 Å². The van der Waals surface area contributed by atoms with Gasteiger partial charge in [-0.1, -0.05) is 12.1 Å². The molecule has 0 aromatic heterocycles. The lowest BCUT2D eigenvalue weighted by atomic mass is 9.94. The standard InChI is InChI=1S/C14H18N2O4/c1-10-4-2-6-12(16(19)20)14(10)15-7-3-5-11(9-15)8-13(17)18/h2,4,6,11H,3,5,7-9H2,1H3,(H,17,18). The Morgan fingerprint density at radius 2 is 2.30 bits per heavy atom. The number of carboxylic acid groups (broad SMARTS) is 1. The van der Waals surface area contributed by atoms with Gasteiger partial charge in [0.25, 0.3) is 5.69 Å². The normalized spacial score (nSPS) is 18.9. The first kappa shape index (κ1) is 14.3. The van der Waals surface area contributed by atoms with Gasteiger partial charge in [0.15, 0.2) is 0 Å². The molecule has 1 aromatic rings. The number of nitro groups is 1. The van der Waals surface area contributed by atoms with Crippen molar-refractivity contribution < 1.29 is 14.8 Å². The van der Waals surface area contributed by atoms with Crippen LogP contribution in [0, 0.1) is 23.0 Å². The molecule has 1 unspecified atom stereocenters. The molecular formula is C14H18N2O4. The number of nitrogens with zero attached hydrogens (tertiary/aromatic N) is 2. The molecule has 0 amide bonds. The molecule has 20 heavy (non-hydrogen) atoms. The van der Waals surface area contributed by atoms with Gasteiger partial charge in [-0.25, -0.2) is 0 Å². The zero-order chi connectivity index (χ0) is 14.7. The van der Waals surface area contributed by atoms with E-state index in [-0.39, 0.29) is 22.9 Å². The first-order chi connectivity index (χ1) is 9.49. The van der Waals surface area contributed by atoms with Crippen molar-refractivity contribution in [2.75, 3.05) is 18.0 Å². The number of carbonyl (C=O) groups is 1. The van der Waals surface area contributed by atoms with Gasteiger partial charge in [0.1, 0.15) is 5.69 Å². The highest BCUT2D eigenvalue weighted by Crippen LogP contribution is 2.34. The van der Waals surface area contributed by atoms with Crippen LogP contribution in [-0.2, 0) is 4.79 Å². The topological polar surface area (TPSA) is 83.7 Å². The Hall–Kier alpha value is -2.11. The highest BCUT2D eigenvalue weighted by molar-refractivity contribution is 5.69. The smallest absolute Gasteiger partial charge is 0.303 e. The highest BCUT2D eigenvalue weighted by atomic mass is 16.6. The molecule has 1 aromatic carbocycles. The Kier molecular flexibility index (Phi) is 4.22. The third-order valence-corrected chi connectivity index (χ3v) is 3.71. The second-order valence-corrected chi connectivity index (χ2v) is 5.25. The lowest BCUT2D eigenvalue weighted by molar-refractivity contribution is -0.384. The van der Waals surface area contributed by atoms with Crippen LogP contribution in [0.2, 0.25) is 0 Å².